The summed E-state index contributed by atoms with van der Waals surface area (Å²) in [5, 5.41) is 13.9. The van der Waals surface area contributed by atoms with Crippen molar-refractivity contribution in [3.05, 3.63) is 18.0 Å². The van der Waals surface area contributed by atoms with E-state index in [1.54, 1.807) is 4.68 Å². The first-order valence-electron chi connectivity index (χ1n) is 7.48. The molecule has 2 rings (SSSR count). The molecule has 0 aliphatic heterocycles. The Kier molecular flexibility index (Phi) is 4.21. The van der Waals surface area contributed by atoms with E-state index < -0.39 is 5.97 Å². The number of rotatable bonds is 3. The summed E-state index contributed by atoms with van der Waals surface area (Å²) in [5.41, 5.74) is 1.27. The molecule has 112 valence electrons. The second-order valence-electron chi connectivity index (χ2n) is 7.27. The van der Waals surface area contributed by atoms with Crippen molar-refractivity contribution in [2.75, 3.05) is 0 Å². The van der Waals surface area contributed by atoms with Crippen LogP contribution in [0.3, 0.4) is 0 Å². The lowest BCUT2D eigenvalue weighted by atomic mass is 9.64. The van der Waals surface area contributed by atoms with Crippen LogP contribution in [-0.2, 0) is 18.3 Å². The fourth-order valence-corrected chi connectivity index (χ4v) is 3.44. The van der Waals surface area contributed by atoms with Gasteiger partial charge in [-0.25, -0.2) is 0 Å². The number of hydrogen-bond acceptors (Lipinski definition) is 2. The zero-order valence-electron chi connectivity index (χ0n) is 13.0. The molecular formula is C16H26N2O2. The molecule has 1 aromatic heterocycles. The summed E-state index contributed by atoms with van der Waals surface area (Å²) < 4.78 is 1.79. The molecule has 0 radical (unpaired) electrons. The van der Waals surface area contributed by atoms with Gasteiger partial charge in [-0.3, -0.25) is 9.48 Å². The first-order chi connectivity index (χ1) is 9.27. The van der Waals surface area contributed by atoms with Crippen LogP contribution in [0.2, 0.25) is 0 Å². The molecule has 0 bridgehead atoms. The summed E-state index contributed by atoms with van der Waals surface area (Å²) in [6.07, 6.45) is 5.53. The van der Waals surface area contributed by atoms with Gasteiger partial charge >= 0.3 is 5.97 Å². The number of carboxylic acids is 1. The molecule has 4 heteroatoms. The number of aliphatic carboxylic acids is 1. The molecule has 4 nitrogen and oxygen atoms in total. The number of carboxylic acid groups (broad SMARTS) is 1. The Morgan fingerprint density at radius 1 is 1.45 bits per heavy atom. The molecular weight excluding hydrogens is 252 g/mol. The predicted molar refractivity (Wildman–Crippen MR) is 78.3 cm³/mol. The fraction of sp³-hybridized carbons (Fsp3) is 0.750. The highest BCUT2D eigenvalue weighted by atomic mass is 16.4. The number of carbonyl (C=O) groups is 1. The maximum absolute atomic E-state index is 11.5. The molecule has 1 N–H and O–H groups in total. The maximum atomic E-state index is 11.5. The van der Waals surface area contributed by atoms with Gasteiger partial charge in [-0.05, 0) is 49.0 Å². The van der Waals surface area contributed by atoms with Crippen LogP contribution in [0.4, 0.5) is 0 Å². The van der Waals surface area contributed by atoms with Crippen molar-refractivity contribution in [2.24, 2.45) is 30.2 Å². The van der Waals surface area contributed by atoms with Crippen LogP contribution in [-0.4, -0.2) is 20.9 Å². The lowest BCUT2D eigenvalue weighted by molar-refractivity contribution is -0.146. The number of hydrogen-bond donors (Lipinski definition) is 1. The minimum absolute atomic E-state index is 0.209. The Bertz CT molecular complexity index is 473. The molecule has 1 aliphatic rings. The van der Waals surface area contributed by atoms with E-state index >= 15 is 0 Å². The zero-order valence-corrected chi connectivity index (χ0v) is 13.0. The highest BCUT2D eigenvalue weighted by molar-refractivity contribution is 5.70. The van der Waals surface area contributed by atoms with Gasteiger partial charge in [0, 0.05) is 13.2 Å². The van der Waals surface area contributed by atoms with E-state index in [0.29, 0.717) is 5.92 Å². The van der Waals surface area contributed by atoms with Crippen molar-refractivity contribution in [2.45, 2.75) is 46.5 Å². The molecule has 1 fully saturated rings. The van der Waals surface area contributed by atoms with E-state index in [1.165, 1.54) is 0 Å². The van der Waals surface area contributed by atoms with Crippen LogP contribution in [0.25, 0.3) is 0 Å². The number of aromatic nitrogens is 2. The molecule has 0 amide bonds. The lowest BCUT2D eigenvalue weighted by Gasteiger charge is -2.40. The van der Waals surface area contributed by atoms with E-state index in [2.05, 4.69) is 25.9 Å². The summed E-state index contributed by atoms with van der Waals surface area (Å²) in [6.45, 7) is 6.78. The van der Waals surface area contributed by atoms with Gasteiger partial charge in [0.05, 0.1) is 11.6 Å². The highest BCUT2D eigenvalue weighted by Gasteiger charge is 2.39. The molecule has 1 saturated carbocycles. The second kappa shape index (κ2) is 5.58. The average Bonchev–Trinajstić information content (AvgIpc) is 2.73. The van der Waals surface area contributed by atoms with E-state index in [1.807, 2.05) is 19.3 Å². The number of aryl methyl sites for hydroxylation is 1. The summed E-state index contributed by atoms with van der Waals surface area (Å²) >= 11 is 0. The zero-order chi connectivity index (χ0) is 14.9. The summed E-state index contributed by atoms with van der Waals surface area (Å²) in [7, 11) is 1.90. The van der Waals surface area contributed by atoms with Crippen molar-refractivity contribution in [1.82, 2.24) is 9.78 Å². The van der Waals surface area contributed by atoms with Gasteiger partial charge in [-0.2, -0.15) is 5.10 Å². The topological polar surface area (TPSA) is 55.1 Å². The van der Waals surface area contributed by atoms with Gasteiger partial charge in [0.1, 0.15) is 0 Å². The van der Waals surface area contributed by atoms with Gasteiger partial charge in [0.15, 0.2) is 0 Å². The first kappa shape index (κ1) is 15.1. The molecule has 1 aliphatic carbocycles. The monoisotopic (exact) mass is 278 g/mol. The van der Waals surface area contributed by atoms with Crippen molar-refractivity contribution in [3.8, 4) is 0 Å². The summed E-state index contributed by atoms with van der Waals surface area (Å²) in [5.74, 6) is -0.0407. The normalized spacial score (nSPS) is 27.5. The minimum Gasteiger partial charge on any atom is -0.481 e. The van der Waals surface area contributed by atoms with Gasteiger partial charge in [-0.1, -0.05) is 20.8 Å². The van der Waals surface area contributed by atoms with Crippen molar-refractivity contribution in [3.63, 3.8) is 0 Å². The molecule has 1 heterocycles. The van der Waals surface area contributed by atoms with Gasteiger partial charge < -0.3 is 5.11 Å². The minimum atomic E-state index is -0.640. The van der Waals surface area contributed by atoms with Crippen LogP contribution in [0, 0.1) is 23.2 Å². The Morgan fingerprint density at radius 3 is 2.65 bits per heavy atom. The van der Waals surface area contributed by atoms with E-state index in [-0.39, 0.29) is 17.3 Å². The largest absolute Gasteiger partial charge is 0.481 e. The van der Waals surface area contributed by atoms with Crippen molar-refractivity contribution >= 4 is 5.97 Å². The predicted octanol–water partition coefficient (Wildman–Crippen LogP) is 3.13. The molecule has 3 unspecified atom stereocenters. The fourth-order valence-electron chi connectivity index (χ4n) is 3.44. The third-order valence-corrected chi connectivity index (χ3v) is 4.76. The van der Waals surface area contributed by atoms with Crippen LogP contribution in [0.5, 0.6) is 0 Å². The van der Waals surface area contributed by atoms with Gasteiger partial charge in [0.25, 0.3) is 0 Å². The molecule has 20 heavy (non-hydrogen) atoms. The Labute approximate surface area is 121 Å². The molecule has 3 atom stereocenters. The molecule has 0 aromatic carbocycles. The quantitative estimate of drug-likeness (QED) is 0.924. The SMILES string of the molecule is Cn1ccc(CC2CC(C(C)(C)C)CCC2C(=O)O)n1. The average molecular weight is 278 g/mol. The molecule has 1 aromatic rings. The van der Waals surface area contributed by atoms with Crippen LogP contribution < -0.4 is 0 Å². The smallest absolute Gasteiger partial charge is 0.306 e. The highest BCUT2D eigenvalue weighted by Crippen LogP contribution is 2.43. The third kappa shape index (κ3) is 3.41. The van der Waals surface area contributed by atoms with E-state index in [4.69, 9.17) is 0 Å². The Hall–Kier alpha value is -1.32. The van der Waals surface area contributed by atoms with E-state index in [9.17, 15) is 9.90 Å². The molecule has 0 spiro atoms. The summed E-state index contributed by atoms with van der Waals surface area (Å²) in [6, 6.07) is 2.00. The first-order valence-corrected chi connectivity index (χ1v) is 7.48. The van der Waals surface area contributed by atoms with Gasteiger partial charge in [-0.15, -0.1) is 0 Å². The van der Waals surface area contributed by atoms with E-state index in [0.717, 1.165) is 31.4 Å². The van der Waals surface area contributed by atoms with Crippen molar-refractivity contribution in [1.29, 1.82) is 0 Å². The standard InChI is InChI=1S/C16H26N2O2/c1-16(2,3)12-5-6-14(15(19)20)11(9-12)10-13-7-8-18(4)17-13/h7-8,11-12,14H,5-6,9-10H2,1-4H3,(H,19,20). The van der Waals surface area contributed by atoms with Crippen LogP contribution >= 0.6 is 0 Å². The maximum Gasteiger partial charge on any atom is 0.306 e. The third-order valence-electron chi connectivity index (χ3n) is 4.76. The second-order valence-corrected chi connectivity index (χ2v) is 7.27. The summed E-state index contributed by atoms with van der Waals surface area (Å²) in [4.78, 5) is 11.5. The van der Waals surface area contributed by atoms with Crippen LogP contribution in [0.15, 0.2) is 12.3 Å². The van der Waals surface area contributed by atoms with Crippen molar-refractivity contribution < 1.29 is 9.90 Å². The van der Waals surface area contributed by atoms with Gasteiger partial charge in [0.2, 0.25) is 0 Å². The lowest BCUT2D eigenvalue weighted by Crippen LogP contribution is -2.36. The van der Waals surface area contributed by atoms with Crippen LogP contribution in [0.1, 0.15) is 45.7 Å². The Morgan fingerprint density at radius 2 is 2.15 bits per heavy atom. The number of nitrogens with zero attached hydrogens (tertiary/aromatic N) is 2. The Balaban J connectivity index is 2.12. The molecule has 0 saturated heterocycles.